The highest BCUT2D eigenvalue weighted by Crippen LogP contribution is 2.28. The molecule has 6 heteroatoms. The van der Waals surface area contributed by atoms with Crippen molar-refractivity contribution >= 4 is 5.97 Å². The van der Waals surface area contributed by atoms with Crippen LogP contribution in [0.2, 0.25) is 0 Å². The third-order valence-corrected chi connectivity index (χ3v) is 2.43. The van der Waals surface area contributed by atoms with Crippen LogP contribution >= 0.6 is 0 Å². The highest BCUT2D eigenvalue weighted by atomic mass is 19.1. The maximum Gasteiger partial charge on any atom is 0.343 e. The van der Waals surface area contributed by atoms with Crippen molar-refractivity contribution in [3.63, 3.8) is 0 Å². The Kier molecular flexibility index (Phi) is 3.01. The molecule has 5 nitrogen and oxygen atoms in total. The Bertz CT molecular complexity index is 607. The van der Waals surface area contributed by atoms with Crippen LogP contribution in [0.1, 0.15) is 16.1 Å². The van der Waals surface area contributed by atoms with Gasteiger partial charge in [-0.3, -0.25) is 0 Å². The second-order valence-electron chi connectivity index (χ2n) is 3.73. The molecule has 1 heterocycles. The van der Waals surface area contributed by atoms with Gasteiger partial charge in [-0.25, -0.2) is 13.9 Å². The van der Waals surface area contributed by atoms with Crippen molar-refractivity contribution in [2.75, 3.05) is 0 Å². The summed E-state index contributed by atoms with van der Waals surface area (Å²) in [7, 11) is 1.54. The van der Waals surface area contributed by atoms with E-state index in [2.05, 4.69) is 5.10 Å². The molecule has 0 aliphatic heterocycles. The van der Waals surface area contributed by atoms with E-state index in [1.807, 2.05) is 0 Å². The second kappa shape index (κ2) is 4.48. The number of para-hydroxylation sites is 1. The number of benzene rings is 1. The van der Waals surface area contributed by atoms with Crippen LogP contribution in [0.3, 0.4) is 0 Å². The number of aromatic nitrogens is 2. The first-order chi connectivity index (χ1) is 8.50. The van der Waals surface area contributed by atoms with Crippen molar-refractivity contribution < 1.29 is 19.0 Å². The number of hydrogen-bond donors (Lipinski definition) is 1. The van der Waals surface area contributed by atoms with Crippen LogP contribution in [0.4, 0.5) is 4.39 Å². The van der Waals surface area contributed by atoms with Crippen molar-refractivity contribution in [2.45, 2.75) is 6.92 Å². The SMILES string of the molecule is Cc1nn(C)c(Oc2ccccc2F)c1C(=O)O. The van der Waals surface area contributed by atoms with E-state index in [0.29, 0.717) is 5.69 Å². The topological polar surface area (TPSA) is 64.4 Å². The summed E-state index contributed by atoms with van der Waals surface area (Å²) in [5.74, 6) is -1.76. The number of halogens is 1. The van der Waals surface area contributed by atoms with Crippen LogP contribution in [-0.4, -0.2) is 20.9 Å². The fourth-order valence-electron chi connectivity index (χ4n) is 1.63. The monoisotopic (exact) mass is 250 g/mol. The number of carboxylic acid groups (broad SMARTS) is 1. The van der Waals surface area contributed by atoms with Crippen LogP contribution in [0.25, 0.3) is 0 Å². The summed E-state index contributed by atoms with van der Waals surface area (Å²) in [6.45, 7) is 1.55. The van der Waals surface area contributed by atoms with Gasteiger partial charge < -0.3 is 9.84 Å². The number of aryl methyl sites for hydroxylation is 2. The molecule has 1 N–H and O–H groups in total. The average Bonchev–Trinajstić information content (AvgIpc) is 2.57. The van der Waals surface area contributed by atoms with E-state index in [1.54, 1.807) is 13.0 Å². The zero-order valence-corrected chi connectivity index (χ0v) is 9.85. The molecule has 0 bridgehead atoms. The molecular formula is C12H11FN2O3. The first-order valence-corrected chi connectivity index (χ1v) is 5.20. The first kappa shape index (κ1) is 12.1. The molecule has 1 aromatic carbocycles. The van der Waals surface area contributed by atoms with E-state index in [-0.39, 0.29) is 17.2 Å². The lowest BCUT2D eigenvalue weighted by atomic mass is 10.2. The number of ether oxygens (including phenoxy) is 1. The van der Waals surface area contributed by atoms with Gasteiger partial charge in [0.2, 0.25) is 5.88 Å². The largest absolute Gasteiger partial charge is 0.477 e. The molecule has 0 aliphatic rings. The van der Waals surface area contributed by atoms with Crippen molar-refractivity contribution in [3.05, 3.63) is 41.3 Å². The summed E-state index contributed by atoms with van der Waals surface area (Å²) in [4.78, 5) is 11.1. The van der Waals surface area contributed by atoms with Gasteiger partial charge in [-0.05, 0) is 19.1 Å². The molecule has 0 atom stereocenters. The van der Waals surface area contributed by atoms with Gasteiger partial charge in [-0.1, -0.05) is 12.1 Å². The molecule has 18 heavy (non-hydrogen) atoms. The van der Waals surface area contributed by atoms with Crippen LogP contribution < -0.4 is 4.74 Å². The molecule has 0 unspecified atom stereocenters. The minimum Gasteiger partial charge on any atom is -0.477 e. The number of carbonyl (C=O) groups is 1. The van der Waals surface area contributed by atoms with Gasteiger partial charge in [0.15, 0.2) is 11.6 Å². The summed E-state index contributed by atoms with van der Waals surface area (Å²) in [5.41, 5.74) is 0.247. The number of carboxylic acids is 1. The van der Waals surface area contributed by atoms with Gasteiger partial charge in [0, 0.05) is 7.05 Å². The van der Waals surface area contributed by atoms with E-state index >= 15 is 0 Å². The molecular weight excluding hydrogens is 239 g/mol. The smallest absolute Gasteiger partial charge is 0.343 e. The standard InChI is InChI=1S/C12H11FN2O3/c1-7-10(12(16)17)11(15(2)14-7)18-9-6-4-3-5-8(9)13/h3-6H,1-2H3,(H,16,17). The van der Waals surface area contributed by atoms with Crippen LogP contribution in [0, 0.1) is 12.7 Å². The van der Waals surface area contributed by atoms with Crippen molar-refractivity contribution in [1.29, 1.82) is 0 Å². The zero-order valence-electron chi connectivity index (χ0n) is 9.85. The summed E-state index contributed by atoms with van der Waals surface area (Å²) >= 11 is 0. The minimum absolute atomic E-state index is 0.00472. The van der Waals surface area contributed by atoms with Crippen LogP contribution in [0.15, 0.2) is 24.3 Å². The Morgan fingerprint density at radius 2 is 2.11 bits per heavy atom. The zero-order chi connectivity index (χ0) is 13.3. The Labute approximate surface area is 102 Å². The first-order valence-electron chi connectivity index (χ1n) is 5.20. The van der Waals surface area contributed by atoms with Gasteiger partial charge in [0.05, 0.1) is 5.69 Å². The lowest BCUT2D eigenvalue weighted by Gasteiger charge is -2.07. The maximum absolute atomic E-state index is 13.4. The second-order valence-corrected chi connectivity index (χ2v) is 3.73. The number of nitrogens with zero attached hydrogens (tertiary/aromatic N) is 2. The Hall–Kier alpha value is -2.37. The van der Waals surface area contributed by atoms with Crippen molar-refractivity contribution in [3.8, 4) is 11.6 Å². The Balaban J connectivity index is 2.47. The predicted octanol–water partition coefficient (Wildman–Crippen LogP) is 2.36. The highest BCUT2D eigenvalue weighted by molar-refractivity contribution is 5.91. The van der Waals surface area contributed by atoms with Crippen LogP contribution in [0.5, 0.6) is 11.6 Å². The van der Waals surface area contributed by atoms with Crippen molar-refractivity contribution in [1.82, 2.24) is 9.78 Å². The van der Waals surface area contributed by atoms with Gasteiger partial charge >= 0.3 is 5.97 Å². The summed E-state index contributed by atoms with van der Waals surface area (Å²) in [5, 5.41) is 13.0. The molecule has 94 valence electrons. The van der Waals surface area contributed by atoms with E-state index in [9.17, 15) is 9.18 Å². The molecule has 2 rings (SSSR count). The average molecular weight is 250 g/mol. The Morgan fingerprint density at radius 3 is 2.72 bits per heavy atom. The molecule has 1 aromatic heterocycles. The maximum atomic E-state index is 13.4. The van der Waals surface area contributed by atoms with Crippen LogP contribution in [-0.2, 0) is 7.05 Å². The number of aromatic carboxylic acids is 1. The van der Waals surface area contributed by atoms with E-state index < -0.39 is 11.8 Å². The molecule has 0 saturated carbocycles. The molecule has 0 radical (unpaired) electrons. The third-order valence-electron chi connectivity index (χ3n) is 2.43. The number of rotatable bonds is 3. The minimum atomic E-state index is -1.16. The van der Waals surface area contributed by atoms with E-state index in [4.69, 9.17) is 9.84 Å². The molecule has 0 spiro atoms. The number of hydrogen-bond acceptors (Lipinski definition) is 3. The molecule has 0 amide bonds. The summed E-state index contributed by atoms with van der Waals surface area (Å²) < 4.78 is 20.0. The normalized spacial score (nSPS) is 10.4. The van der Waals surface area contributed by atoms with Gasteiger partial charge in [-0.15, -0.1) is 0 Å². The quantitative estimate of drug-likeness (QED) is 0.908. The van der Waals surface area contributed by atoms with E-state index in [1.165, 1.54) is 29.9 Å². The Morgan fingerprint density at radius 1 is 1.44 bits per heavy atom. The van der Waals surface area contributed by atoms with Crippen molar-refractivity contribution in [2.24, 2.45) is 7.05 Å². The fourth-order valence-corrected chi connectivity index (χ4v) is 1.63. The lowest BCUT2D eigenvalue weighted by Crippen LogP contribution is -2.02. The third kappa shape index (κ3) is 2.04. The molecule has 0 aliphatic carbocycles. The highest BCUT2D eigenvalue weighted by Gasteiger charge is 2.22. The molecule has 0 saturated heterocycles. The van der Waals surface area contributed by atoms with Gasteiger partial charge in [-0.2, -0.15) is 5.10 Å². The summed E-state index contributed by atoms with van der Waals surface area (Å²) in [6, 6.07) is 5.78. The molecule has 0 fully saturated rings. The summed E-state index contributed by atoms with van der Waals surface area (Å²) in [6.07, 6.45) is 0. The fraction of sp³-hybridized carbons (Fsp3) is 0.167. The van der Waals surface area contributed by atoms with E-state index in [0.717, 1.165) is 0 Å². The van der Waals surface area contributed by atoms with Gasteiger partial charge in [0.1, 0.15) is 5.56 Å². The predicted molar refractivity (Wildman–Crippen MR) is 61.4 cm³/mol. The van der Waals surface area contributed by atoms with Gasteiger partial charge in [0.25, 0.3) is 0 Å². The molecule has 2 aromatic rings. The lowest BCUT2D eigenvalue weighted by molar-refractivity contribution is 0.0693.